The number of allylic oxidation sites excluding steroid dienone is 1. The number of aryl methyl sites for hydroxylation is 1. The number of primary amides is 1. The van der Waals surface area contributed by atoms with Crippen LogP contribution in [-0.4, -0.2) is 11.6 Å². The third kappa shape index (κ3) is 3.26. The molecule has 0 heterocycles. The van der Waals surface area contributed by atoms with E-state index in [-0.39, 0.29) is 11.1 Å². The summed E-state index contributed by atoms with van der Waals surface area (Å²) in [5.41, 5.74) is 10.2. The Labute approximate surface area is 131 Å². The van der Waals surface area contributed by atoms with E-state index in [1.54, 1.807) is 24.3 Å². The molecule has 0 saturated heterocycles. The predicted octanol–water partition coefficient (Wildman–Crippen LogP) is 2.90. The number of rotatable bonds is 4. The van der Waals surface area contributed by atoms with Crippen LogP contribution in [0.5, 0.6) is 0 Å². The molecule has 0 spiro atoms. The molecule has 0 aliphatic heterocycles. The number of hydrogen-bond donors (Lipinski definition) is 3. The lowest BCUT2D eigenvalue weighted by Gasteiger charge is -2.11. The molecular formula is C17H15F2N3O. The topological polar surface area (TPSA) is 93.0 Å². The van der Waals surface area contributed by atoms with Crippen molar-refractivity contribution in [2.24, 2.45) is 11.5 Å². The number of amides is 1. The van der Waals surface area contributed by atoms with Crippen LogP contribution in [-0.2, 0) is 0 Å². The summed E-state index contributed by atoms with van der Waals surface area (Å²) in [6.45, 7) is 1.85. The Morgan fingerprint density at radius 2 is 1.70 bits per heavy atom. The van der Waals surface area contributed by atoms with Gasteiger partial charge in [-0.2, -0.15) is 0 Å². The molecule has 0 atom stereocenters. The molecule has 0 bridgehead atoms. The van der Waals surface area contributed by atoms with Gasteiger partial charge in [-0.15, -0.1) is 0 Å². The number of benzene rings is 2. The van der Waals surface area contributed by atoms with E-state index < -0.39 is 34.5 Å². The summed E-state index contributed by atoms with van der Waals surface area (Å²) in [4.78, 5) is 11.4. The van der Waals surface area contributed by atoms with Crippen molar-refractivity contribution in [3.63, 3.8) is 0 Å². The van der Waals surface area contributed by atoms with Crippen molar-refractivity contribution in [1.82, 2.24) is 0 Å². The van der Waals surface area contributed by atoms with Gasteiger partial charge in [0.2, 0.25) is 5.91 Å². The molecule has 23 heavy (non-hydrogen) atoms. The summed E-state index contributed by atoms with van der Waals surface area (Å²) in [5, 5.41) is 7.88. The van der Waals surface area contributed by atoms with Crippen molar-refractivity contribution in [2.75, 3.05) is 0 Å². The zero-order valence-corrected chi connectivity index (χ0v) is 12.4. The van der Waals surface area contributed by atoms with Gasteiger partial charge in [-0.05, 0) is 19.1 Å². The van der Waals surface area contributed by atoms with Crippen molar-refractivity contribution in [1.29, 1.82) is 5.41 Å². The average Bonchev–Trinajstić information content (AvgIpc) is 2.53. The zero-order chi connectivity index (χ0) is 17.1. The third-order valence-corrected chi connectivity index (χ3v) is 3.34. The highest BCUT2D eigenvalue weighted by atomic mass is 19.1. The summed E-state index contributed by atoms with van der Waals surface area (Å²) in [6.07, 6.45) is 0. The molecule has 0 saturated carbocycles. The van der Waals surface area contributed by atoms with Gasteiger partial charge in [-0.25, -0.2) is 8.78 Å². The Morgan fingerprint density at radius 3 is 2.26 bits per heavy atom. The standard InChI is InChI=1S/C17H15F2N3O/c1-9-5-7-10(8-6-9)15(20)14(19)16(21)13-11(17(22)23)3-2-4-12(13)18/h2-8,20H,21H2,1H3,(H2,22,23). The van der Waals surface area contributed by atoms with Crippen LogP contribution in [0, 0.1) is 18.2 Å². The summed E-state index contributed by atoms with van der Waals surface area (Å²) >= 11 is 0. The summed E-state index contributed by atoms with van der Waals surface area (Å²) in [6, 6.07) is 10.1. The molecule has 1 amide bonds. The van der Waals surface area contributed by atoms with Crippen molar-refractivity contribution in [3.05, 3.63) is 76.4 Å². The van der Waals surface area contributed by atoms with Crippen LogP contribution in [0.4, 0.5) is 8.78 Å². The van der Waals surface area contributed by atoms with E-state index in [9.17, 15) is 13.6 Å². The minimum atomic E-state index is -1.12. The van der Waals surface area contributed by atoms with Gasteiger partial charge in [-0.1, -0.05) is 35.9 Å². The summed E-state index contributed by atoms with van der Waals surface area (Å²) in [5.74, 6) is -2.94. The molecule has 0 aromatic heterocycles. The minimum absolute atomic E-state index is 0.241. The van der Waals surface area contributed by atoms with E-state index >= 15 is 0 Å². The normalized spacial score (nSPS) is 11.8. The van der Waals surface area contributed by atoms with E-state index in [1.807, 2.05) is 6.92 Å². The molecule has 4 nitrogen and oxygen atoms in total. The van der Waals surface area contributed by atoms with E-state index in [0.717, 1.165) is 11.6 Å². The molecule has 5 N–H and O–H groups in total. The molecule has 2 aromatic carbocycles. The molecule has 2 aromatic rings. The Kier molecular flexibility index (Phi) is 4.55. The molecule has 6 heteroatoms. The lowest BCUT2D eigenvalue weighted by atomic mass is 10.00. The van der Waals surface area contributed by atoms with Gasteiger partial charge in [0.25, 0.3) is 0 Å². The molecule has 2 rings (SSSR count). The lowest BCUT2D eigenvalue weighted by Crippen LogP contribution is -2.18. The maximum absolute atomic E-state index is 14.5. The van der Waals surface area contributed by atoms with Crippen LogP contribution in [0.1, 0.15) is 27.0 Å². The van der Waals surface area contributed by atoms with Crippen molar-refractivity contribution in [3.8, 4) is 0 Å². The van der Waals surface area contributed by atoms with Crippen LogP contribution in [0.2, 0.25) is 0 Å². The summed E-state index contributed by atoms with van der Waals surface area (Å²) in [7, 11) is 0. The third-order valence-electron chi connectivity index (χ3n) is 3.34. The van der Waals surface area contributed by atoms with Crippen LogP contribution in [0.3, 0.4) is 0 Å². The number of carbonyl (C=O) groups is 1. The number of carbonyl (C=O) groups excluding carboxylic acids is 1. The molecule has 0 radical (unpaired) electrons. The number of hydrogen-bond acceptors (Lipinski definition) is 3. The van der Waals surface area contributed by atoms with Crippen LogP contribution in [0.25, 0.3) is 5.70 Å². The second-order valence-electron chi connectivity index (χ2n) is 5.00. The van der Waals surface area contributed by atoms with Crippen LogP contribution >= 0.6 is 0 Å². The highest BCUT2D eigenvalue weighted by Gasteiger charge is 2.20. The highest BCUT2D eigenvalue weighted by molar-refractivity contribution is 6.13. The fourth-order valence-corrected chi connectivity index (χ4v) is 2.09. The maximum Gasteiger partial charge on any atom is 0.249 e. The first-order chi connectivity index (χ1) is 10.8. The first-order valence-electron chi connectivity index (χ1n) is 6.72. The van der Waals surface area contributed by atoms with Gasteiger partial charge >= 0.3 is 0 Å². The van der Waals surface area contributed by atoms with E-state index in [0.29, 0.717) is 0 Å². The molecular weight excluding hydrogens is 300 g/mol. The fourth-order valence-electron chi connectivity index (χ4n) is 2.09. The van der Waals surface area contributed by atoms with Crippen molar-refractivity contribution >= 4 is 17.3 Å². The van der Waals surface area contributed by atoms with Crippen LogP contribution in [0.15, 0.2) is 48.3 Å². The Hall–Kier alpha value is -3.02. The van der Waals surface area contributed by atoms with Gasteiger partial charge in [0.05, 0.1) is 17.0 Å². The minimum Gasteiger partial charge on any atom is -0.396 e. The number of halogens is 2. The molecule has 118 valence electrons. The smallest absolute Gasteiger partial charge is 0.249 e. The van der Waals surface area contributed by atoms with E-state index in [4.69, 9.17) is 16.9 Å². The summed E-state index contributed by atoms with van der Waals surface area (Å²) < 4.78 is 28.5. The first-order valence-corrected chi connectivity index (χ1v) is 6.72. The first kappa shape index (κ1) is 16.4. The van der Waals surface area contributed by atoms with Gasteiger partial charge in [0, 0.05) is 11.1 Å². The Bertz CT molecular complexity index is 811. The average molecular weight is 315 g/mol. The van der Waals surface area contributed by atoms with E-state index in [1.165, 1.54) is 12.1 Å². The van der Waals surface area contributed by atoms with Gasteiger partial charge in [-0.3, -0.25) is 10.2 Å². The SMILES string of the molecule is Cc1ccc(C(=N)C(F)=C(N)c2c(F)cccc2C(N)=O)cc1. The van der Waals surface area contributed by atoms with Gasteiger partial charge < -0.3 is 11.5 Å². The Morgan fingerprint density at radius 1 is 1.09 bits per heavy atom. The maximum atomic E-state index is 14.5. The quantitative estimate of drug-likeness (QED) is 0.757. The van der Waals surface area contributed by atoms with Gasteiger partial charge in [0.1, 0.15) is 5.82 Å². The molecule has 0 fully saturated rings. The largest absolute Gasteiger partial charge is 0.396 e. The zero-order valence-electron chi connectivity index (χ0n) is 12.4. The second kappa shape index (κ2) is 6.39. The number of nitrogens with one attached hydrogen (secondary N) is 1. The Balaban J connectivity index is 2.55. The van der Waals surface area contributed by atoms with Gasteiger partial charge in [0.15, 0.2) is 5.83 Å². The number of nitrogens with two attached hydrogens (primary N) is 2. The lowest BCUT2D eigenvalue weighted by molar-refractivity contribution is 0.0999. The molecule has 0 aliphatic carbocycles. The monoisotopic (exact) mass is 315 g/mol. The fraction of sp³-hybridized carbons (Fsp3) is 0.0588. The molecule has 0 unspecified atom stereocenters. The molecule has 0 aliphatic rings. The van der Waals surface area contributed by atoms with E-state index in [2.05, 4.69) is 0 Å². The predicted molar refractivity (Wildman–Crippen MR) is 85.1 cm³/mol. The second-order valence-corrected chi connectivity index (χ2v) is 5.00. The van der Waals surface area contributed by atoms with Crippen molar-refractivity contribution in [2.45, 2.75) is 6.92 Å². The highest BCUT2D eigenvalue weighted by Crippen LogP contribution is 2.24. The van der Waals surface area contributed by atoms with Crippen molar-refractivity contribution < 1.29 is 13.6 Å². The van der Waals surface area contributed by atoms with Crippen LogP contribution < -0.4 is 11.5 Å².